The summed E-state index contributed by atoms with van der Waals surface area (Å²) in [6.45, 7) is 5.20. The summed E-state index contributed by atoms with van der Waals surface area (Å²) in [6, 6.07) is 17.4. The molecule has 0 bridgehead atoms. The molecule has 4 aromatic rings. The number of rotatable bonds is 10. The van der Waals surface area contributed by atoms with Crippen LogP contribution in [-0.2, 0) is 25.9 Å². The molecule has 10 nitrogen and oxygen atoms in total. The molecule has 4 rings (SSSR count). The van der Waals surface area contributed by atoms with E-state index in [-0.39, 0.29) is 30.0 Å². The van der Waals surface area contributed by atoms with Crippen molar-refractivity contribution in [2.24, 2.45) is 0 Å². The van der Waals surface area contributed by atoms with Gasteiger partial charge in [-0.1, -0.05) is 30.3 Å². The third kappa shape index (κ3) is 6.20. The number of nitrogens with zero attached hydrogens (tertiary/aromatic N) is 4. The van der Waals surface area contributed by atoms with Crippen molar-refractivity contribution in [1.29, 1.82) is 5.26 Å². The molecule has 11 heteroatoms. The molecule has 2 aromatic heterocycles. The van der Waals surface area contributed by atoms with Crippen molar-refractivity contribution >= 4 is 9.84 Å². The lowest BCUT2D eigenvalue weighted by atomic mass is 10.0. The van der Waals surface area contributed by atoms with Crippen LogP contribution in [0.15, 0.2) is 81.4 Å². The van der Waals surface area contributed by atoms with Crippen LogP contribution in [0.3, 0.4) is 0 Å². The predicted molar refractivity (Wildman–Crippen MR) is 151 cm³/mol. The Kier molecular flexibility index (Phi) is 8.98. The minimum atomic E-state index is -4.52. The Morgan fingerprint density at radius 1 is 1.10 bits per heavy atom. The van der Waals surface area contributed by atoms with Crippen molar-refractivity contribution in [1.82, 2.24) is 14.5 Å². The van der Waals surface area contributed by atoms with Crippen molar-refractivity contribution in [2.45, 2.75) is 49.3 Å². The predicted octanol–water partition coefficient (Wildman–Crippen LogP) is 4.18. The van der Waals surface area contributed by atoms with Gasteiger partial charge in [-0.3, -0.25) is 14.3 Å². The second-order valence-corrected chi connectivity index (χ2v) is 11.5. The highest BCUT2D eigenvalue weighted by Gasteiger charge is 2.32. The van der Waals surface area contributed by atoms with Gasteiger partial charge in [-0.05, 0) is 62.2 Å². The largest absolute Gasteiger partial charge is 0.492 e. The second kappa shape index (κ2) is 12.4. The third-order valence-electron chi connectivity index (χ3n) is 6.46. The average Bonchev–Trinajstić information content (AvgIpc) is 2.95. The Bertz CT molecular complexity index is 1760. The van der Waals surface area contributed by atoms with Crippen molar-refractivity contribution in [3.8, 4) is 23.1 Å². The molecule has 0 fully saturated rings. The number of methoxy groups -OCH3 is 1. The van der Waals surface area contributed by atoms with Crippen LogP contribution in [0, 0.1) is 18.3 Å². The number of hydrogen-bond acceptors (Lipinski definition) is 9. The molecule has 0 aliphatic carbocycles. The maximum absolute atomic E-state index is 14.1. The van der Waals surface area contributed by atoms with Crippen molar-refractivity contribution in [3.05, 3.63) is 99.9 Å². The second-order valence-electron chi connectivity index (χ2n) is 9.59. The number of sulfone groups is 1. The lowest BCUT2D eigenvalue weighted by Gasteiger charge is -2.24. The van der Waals surface area contributed by atoms with E-state index < -0.39 is 32.2 Å². The molecule has 1 N–H and O–H groups in total. The molecular formula is C30H30N4O6S. The monoisotopic (exact) mass is 574 g/mol. The van der Waals surface area contributed by atoms with Crippen LogP contribution in [0.25, 0.3) is 11.1 Å². The molecule has 0 aliphatic rings. The molecule has 212 valence electrons. The molecule has 0 spiro atoms. The molecule has 1 atom stereocenters. The minimum Gasteiger partial charge on any atom is -0.492 e. The van der Waals surface area contributed by atoms with Crippen LogP contribution in [0.5, 0.6) is 5.88 Å². The van der Waals surface area contributed by atoms with Gasteiger partial charge in [-0.25, -0.2) is 8.42 Å². The Balaban J connectivity index is 1.90. The minimum absolute atomic E-state index is 0.00645. The summed E-state index contributed by atoms with van der Waals surface area (Å²) in [7, 11) is -3.08. The first-order valence-electron chi connectivity index (χ1n) is 12.8. The van der Waals surface area contributed by atoms with E-state index in [1.165, 1.54) is 19.2 Å². The summed E-state index contributed by atoms with van der Waals surface area (Å²) in [5, 5.41) is 20.3. The fraction of sp³-hybridized carbons (Fsp3) is 0.267. The number of hydrogen-bond donors (Lipinski definition) is 1. The molecule has 1 unspecified atom stereocenters. The fourth-order valence-electron chi connectivity index (χ4n) is 4.46. The molecular weight excluding hydrogens is 544 g/mol. The maximum Gasteiger partial charge on any atom is 0.277 e. The van der Waals surface area contributed by atoms with Crippen molar-refractivity contribution in [2.75, 3.05) is 13.7 Å². The Labute approximate surface area is 238 Å². The van der Waals surface area contributed by atoms with Gasteiger partial charge < -0.3 is 14.6 Å². The average molecular weight is 575 g/mol. The van der Waals surface area contributed by atoms with Gasteiger partial charge in [0.05, 0.1) is 35.3 Å². The van der Waals surface area contributed by atoms with E-state index in [4.69, 9.17) is 9.47 Å². The highest BCUT2D eigenvalue weighted by Crippen LogP contribution is 2.30. The number of pyridine rings is 1. The van der Waals surface area contributed by atoms with E-state index in [0.717, 1.165) is 21.4 Å². The third-order valence-corrected chi connectivity index (χ3v) is 8.25. The van der Waals surface area contributed by atoms with Crippen LogP contribution in [0.4, 0.5) is 0 Å². The van der Waals surface area contributed by atoms with E-state index in [0.29, 0.717) is 11.1 Å². The molecule has 0 saturated carbocycles. The van der Waals surface area contributed by atoms with Gasteiger partial charge in [0, 0.05) is 24.6 Å². The van der Waals surface area contributed by atoms with E-state index in [1.807, 2.05) is 13.0 Å². The molecule has 0 radical (unpaired) electrons. The summed E-state index contributed by atoms with van der Waals surface area (Å²) < 4.78 is 39.8. The van der Waals surface area contributed by atoms with Gasteiger partial charge in [-0.2, -0.15) is 10.2 Å². The number of nitriles is 1. The van der Waals surface area contributed by atoms with Gasteiger partial charge in [-0.15, -0.1) is 0 Å². The summed E-state index contributed by atoms with van der Waals surface area (Å²) >= 11 is 0. The quantitative estimate of drug-likeness (QED) is 0.295. The van der Waals surface area contributed by atoms with Gasteiger partial charge in [0.25, 0.3) is 5.56 Å². The Morgan fingerprint density at radius 3 is 2.46 bits per heavy atom. The SMILES string of the molecule is COCC(c1cccc(C#N)c1)n1c(COC(C)C)nc(O)c(S(=O)(=O)c2ccc(-c3cccnc3C)cc2)c1=O. The Hall–Kier alpha value is -4.37. The van der Waals surface area contributed by atoms with Crippen LogP contribution in [0.2, 0.25) is 0 Å². The number of aromatic hydroxyl groups is 1. The maximum atomic E-state index is 14.1. The first-order chi connectivity index (χ1) is 19.6. The molecule has 0 saturated heterocycles. The van der Waals surface area contributed by atoms with Crippen LogP contribution in [-0.4, -0.2) is 47.9 Å². The van der Waals surface area contributed by atoms with Gasteiger partial charge >= 0.3 is 0 Å². The molecule has 2 heterocycles. The molecule has 2 aromatic carbocycles. The topological polar surface area (TPSA) is 144 Å². The lowest BCUT2D eigenvalue weighted by Crippen LogP contribution is -2.35. The first kappa shape index (κ1) is 29.6. The van der Waals surface area contributed by atoms with Crippen LogP contribution < -0.4 is 5.56 Å². The molecule has 0 amide bonds. The highest BCUT2D eigenvalue weighted by atomic mass is 32.2. The van der Waals surface area contributed by atoms with E-state index in [2.05, 4.69) is 16.0 Å². The standard InChI is InChI=1S/C30H30N4O6S/c1-19(2)40-18-27-33-29(35)28(30(36)34(27)26(17-39-4)23-8-5-7-21(15-23)16-31)41(37,38)24-12-10-22(11-13-24)25-9-6-14-32-20(25)3/h5-15,19,26,35H,17-18H2,1-4H3. The van der Waals surface area contributed by atoms with E-state index >= 15 is 0 Å². The molecule has 0 aliphatic heterocycles. The summed E-state index contributed by atoms with van der Waals surface area (Å²) in [5.41, 5.74) is 2.23. The highest BCUT2D eigenvalue weighted by molar-refractivity contribution is 7.91. The zero-order chi connectivity index (χ0) is 29.7. The molecule has 41 heavy (non-hydrogen) atoms. The number of aromatic nitrogens is 3. The smallest absolute Gasteiger partial charge is 0.277 e. The van der Waals surface area contributed by atoms with Crippen molar-refractivity contribution < 1.29 is 23.0 Å². The zero-order valence-electron chi connectivity index (χ0n) is 23.1. The number of ether oxygens (including phenoxy) is 2. The first-order valence-corrected chi connectivity index (χ1v) is 14.3. The van der Waals surface area contributed by atoms with Crippen LogP contribution >= 0.6 is 0 Å². The van der Waals surface area contributed by atoms with Crippen LogP contribution in [0.1, 0.15) is 42.5 Å². The van der Waals surface area contributed by atoms with Crippen molar-refractivity contribution in [3.63, 3.8) is 0 Å². The normalized spacial score (nSPS) is 12.3. The number of benzene rings is 2. The van der Waals surface area contributed by atoms with Gasteiger partial charge in [0.15, 0.2) is 4.90 Å². The lowest BCUT2D eigenvalue weighted by molar-refractivity contribution is 0.0557. The summed E-state index contributed by atoms with van der Waals surface area (Å²) in [4.78, 5) is 21.4. The number of aryl methyl sites for hydroxylation is 1. The van der Waals surface area contributed by atoms with E-state index in [1.54, 1.807) is 62.5 Å². The zero-order valence-corrected chi connectivity index (χ0v) is 23.9. The van der Waals surface area contributed by atoms with Gasteiger partial charge in [0.2, 0.25) is 15.7 Å². The van der Waals surface area contributed by atoms with E-state index in [9.17, 15) is 23.6 Å². The Morgan fingerprint density at radius 2 is 1.83 bits per heavy atom. The van der Waals surface area contributed by atoms with Gasteiger partial charge in [0.1, 0.15) is 12.4 Å². The fourth-order valence-corrected chi connectivity index (χ4v) is 5.81. The summed E-state index contributed by atoms with van der Waals surface area (Å²) in [5.74, 6) is -0.922. The summed E-state index contributed by atoms with van der Waals surface area (Å²) in [6.07, 6.45) is 1.43.